The summed E-state index contributed by atoms with van der Waals surface area (Å²) in [6.45, 7) is 2.08. The number of nitrogens with one attached hydrogen (secondary N) is 1. The van der Waals surface area contributed by atoms with Crippen LogP contribution in [0.3, 0.4) is 0 Å². The molecule has 3 rings (SSSR count). The average molecular weight is 306 g/mol. The van der Waals surface area contributed by atoms with Crippen LogP contribution in [0.5, 0.6) is 0 Å². The molecule has 1 heterocycles. The standard InChI is InChI=1S/C19H18N2O2/c1-2-14-7-9-16(10-8-14)20-18(22)13-21-12-11-15-5-3-4-6-17(15)19(21)23/h3-12H,2,13H2,1H3,(H,20,22). The van der Waals surface area contributed by atoms with Gasteiger partial charge < -0.3 is 9.88 Å². The fourth-order valence-electron chi connectivity index (χ4n) is 2.53. The summed E-state index contributed by atoms with van der Waals surface area (Å²) in [6.07, 6.45) is 2.62. The number of carbonyl (C=O) groups excluding carboxylic acids is 1. The molecule has 0 aliphatic carbocycles. The summed E-state index contributed by atoms with van der Waals surface area (Å²) in [6, 6.07) is 16.9. The SMILES string of the molecule is CCc1ccc(NC(=O)Cn2ccc3ccccc3c2=O)cc1. The molecule has 0 fully saturated rings. The minimum absolute atomic E-state index is 0.000797. The lowest BCUT2D eigenvalue weighted by atomic mass is 10.1. The number of benzene rings is 2. The highest BCUT2D eigenvalue weighted by atomic mass is 16.2. The maximum Gasteiger partial charge on any atom is 0.258 e. The van der Waals surface area contributed by atoms with Crippen LogP contribution in [0.2, 0.25) is 0 Å². The van der Waals surface area contributed by atoms with Crippen LogP contribution in [0.1, 0.15) is 12.5 Å². The van der Waals surface area contributed by atoms with Gasteiger partial charge in [-0.25, -0.2) is 0 Å². The smallest absolute Gasteiger partial charge is 0.258 e. The number of nitrogens with zero attached hydrogens (tertiary/aromatic N) is 1. The highest BCUT2D eigenvalue weighted by molar-refractivity contribution is 5.91. The molecule has 0 aliphatic heterocycles. The number of aromatic nitrogens is 1. The van der Waals surface area contributed by atoms with Gasteiger partial charge in [0, 0.05) is 17.3 Å². The minimum atomic E-state index is -0.216. The Morgan fingerprint density at radius 3 is 2.52 bits per heavy atom. The van der Waals surface area contributed by atoms with Crippen LogP contribution < -0.4 is 10.9 Å². The summed E-state index contributed by atoms with van der Waals surface area (Å²) in [5.41, 5.74) is 1.80. The van der Waals surface area contributed by atoms with Gasteiger partial charge in [-0.05, 0) is 41.6 Å². The lowest BCUT2D eigenvalue weighted by Crippen LogP contribution is -2.27. The van der Waals surface area contributed by atoms with Crippen molar-refractivity contribution in [2.24, 2.45) is 0 Å². The second kappa shape index (κ2) is 6.48. The maximum absolute atomic E-state index is 12.4. The molecule has 0 aliphatic rings. The molecule has 4 nitrogen and oxygen atoms in total. The topological polar surface area (TPSA) is 51.1 Å². The number of hydrogen-bond donors (Lipinski definition) is 1. The molecule has 116 valence electrons. The van der Waals surface area contributed by atoms with Crippen LogP contribution in [0.15, 0.2) is 65.6 Å². The molecular formula is C19H18N2O2. The van der Waals surface area contributed by atoms with Gasteiger partial charge >= 0.3 is 0 Å². The van der Waals surface area contributed by atoms with E-state index in [9.17, 15) is 9.59 Å². The highest BCUT2D eigenvalue weighted by Crippen LogP contribution is 2.11. The van der Waals surface area contributed by atoms with Crippen molar-refractivity contribution >= 4 is 22.4 Å². The fourth-order valence-corrected chi connectivity index (χ4v) is 2.53. The zero-order valence-corrected chi connectivity index (χ0v) is 13.0. The first-order valence-electron chi connectivity index (χ1n) is 7.64. The molecule has 4 heteroatoms. The van der Waals surface area contributed by atoms with E-state index in [2.05, 4.69) is 12.2 Å². The molecule has 0 unspecified atom stereocenters. The van der Waals surface area contributed by atoms with Gasteiger partial charge in [0.25, 0.3) is 5.56 Å². The first-order valence-corrected chi connectivity index (χ1v) is 7.64. The number of anilines is 1. The quantitative estimate of drug-likeness (QED) is 0.804. The Morgan fingerprint density at radius 1 is 1.04 bits per heavy atom. The van der Waals surface area contributed by atoms with E-state index in [1.54, 1.807) is 12.3 Å². The number of carbonyl (C=O) groups is 1. The normalized spacial score (nSPS) is 10.7. The van der Waals surface area contributed by atoms with E-state index in [4.69, 9.17) is 0 Å². The summed E-state index contributed by atoms with van der Waals surface area (Å²) >= 11 is 0. The monoisotopic (exact) mass is 306 g/mol. The summed E-state index contributed by atoms with van der Waals surface area (Å²) in [5, 5.41) is 4.32. The Balaban J connectivity index is 1.77. The zero-order valence-electron chi connectivity index (χ0n) is 13.0. The molecule has 0 atom stereocenters. The first kappa shape index (κ1) is 15.0. The highest BCUT2D eigenvalue weighted by Gasteiger charge is 2.07. The third kappa shape index (κ3) is 3.31. The second-order valence-corrected chi connectivity index (χ2v) is 5.43. The maximum atomic E-state index is 12.4. The van der Waals surface area contributed by atoms with Crippen LogP contribution in [-0.2, 0) is 17.8 Å². The van der Waals surface area contributed by atoms with Gasteiger partial charge in [-0.2, -0.15) is 0 Å². The predicted octanol–water partition coefficient (Wildman–Crippen LogP) is 3.20. The van der Waals surface area contributed by atoms with E-state index in [1.807, 2.05) is 48.5 Å². The fraction of sp³-hybridized carbons (Fsp3) is 0.158. The molecule has 1 N–H and O–H groups in total. The van der Waals surface area contributed by atoms with Crippen LogP contribution in [-0.4, -0.2) is 10.5 Å². The molecule has 0 bridgehead atoms. The van der Waals surface area contributed by atoms with E-state index in [-0.39, 0.29) is 18.0 Å². The molecule has 0 spiro atoms. The minimum Gasteiger partial charge on any atom is -0.325 e. The van der Waals surface area contributed by atoms with Gasteiger partial charge in [0.15, 0.2) is 0 Å². The number of aryl methyl sites for hydroxylation is 1. The van der Waals surface area contributed by atoms with Crippen molar-refractivity contribution in [3.8, 4) is 0 Å². The third-order valence-electron chi connectivity index (χ3n) is 3.85. The zero-order chi connectivity index (χ0) is 16.2. The van der Waals surface area contributed by atoms with Gasteiger partial charge in [0.05, 0.1) is 0 Å². The van der Waals surface area contributed by atoms with Gasteiger partial charge in [-0.1, -0.05) is 37.3 Å². The Morgan fingerprint density at radius 2 is 1.78 bits per heavy atom. The molecule has 0 saturated carbocycles. The molecule has 23 heavy (non-hydrogen) atoms. The second-order valence-electron chi connectivity index (χ2n) is 5.43. The van der Waals surface area contributed by atoms with E-state index >= 15 is 0 Å². The van der Waals surface area contributed by atoms with Crippen molar-refractivity contribution in [2.45, 2.75) is 19.9 Å². The summed E-state index contributed by atoms with van der Waals surface area (Å²) < 4.78 is 1.43. The van der Waals surface area contributed by atoms with Gasteiger partial charge in [-0.15, -0.1) is 0 Å². The van der Waals surface area contributed by atoms with Crippen LogP contribution in [0.25, 0.3) is 10.8 Å². The van der Waals surface area contributed by atoms with Crippen molar-refractivity contribution in [1.29, 1.82) is 0 Å². The molecule has 1 aromatic heterocycles. The predicted molar refractivity (Wildman–Crippen MR) is 92.7 cm³/mol. The van der Waals surface area contributed by atoms with Crippen molar-refractivity contribution in [3.05, 3.63) is 76.7 Å². The number of amides is 1. The first-order chi connectivity index (χ1) is 11.2. The molecular weight excluding hydrogens is 288 g/mol. The van der Waals surface area contributed by atoms with Crippen LogP contribution >= 0.6 is 0 Å². The Kier molecular flexibility index (Phi) is 4.24. The molecule has 0 saturated heterocycles. The van der Waals surface area contributed by atoms with Gasteiger partial charge in [0.1, 0.15) is 6.54 Å². The van der Waals surface area contributed by atoms with Crippen molar-refractivity contribution in [3.63, 3.8) is 0 Å². The number of hydrogen-bond acceptors (Lipinski definition) is 2. The third-order valence-corrected chi connectivity index (χ3v) is 3.85. The van der Waals surface area contributed by atoms with Crippen molar-refractivity contribution in [1.82, 2.24) is 4.57 Å². The Labute approximate surface area is 134 Å². The summed E-state index contributed by atoms with van der Waals surface area (Å²) in [7, 11) is 0. The van der Waals surface area contributed by atoms with Crippen molar-refractivity contribution in [2.75, 3.05) is 5.32 Å². The number of rotatable bonds is 4. The summed E-state index contributed by atoms with van der Waals surface area (Å²) in [4.78, 5) is 24.5. The number of pyridine rings is 1. The summed E-state index contributed by atoms with van der Waals surface area (Å²) in [5.74, 6) is -0.216. The lowest BCUT2D eigenvalue weighted by molar-refractivity contribution is -0.116. The molecule has 3 aromatic rings. The lowest BCUT2D eigenvalue weighted by Gasteiger charge is -2.09. The number of fused-ring (bicyclic) bond motifs is 1. The van der Waals surface area contributed by atoms with E-state index in [1.165, 1.54) is 10.1 Å². The van der Waals surface area contributed by atoms with E-state index < -0.39 is 0 Å². The van der Waals surface area contributed by atoms with E-state index in [0.29, 0.717) is 5.39 Å². The average Bonchev–Trinajstić information content (AvgIpc) is 2.58. The molecule has 0 radical (unpaired) electrons. The van der Waals surface area contributed by atoms with E-state index in [0.717, 1.165) is 17.5 Å². The van der Waals surface area contributed by atoms with Crippen LogP contribution in [0, 0.1) is 0 Å². The Hall–Kier alpha value is -2.88. The molecule has 2 aromatic carbocycles. The molecule has 1 amide bonds. The van der Waals surface area contributed by atoms with Gasteiger partial charge in [-0.3, -0.25) is 9.59 Å². The van der Waals surface area contributed by atoms with Gasteiger partial charge in [0.2, 0.25) is 5.91 Å². The Bertz CT molecular complexity index is 895. The van der Waals surface area contributed by atoms with Crippen LogP contribution in [0.4, 0.5) is 5.69 Å². The largest absolute Gasteiger partial charge is 0.325 e. The van der Waals surface area contributed by atoms with Crippen molar-refractivity contribution < 1.29 is 4.79 Å².